The predicted octanol–water partition coefficient (Wildman–Crippen LogP) is 3.63. The Kier molecular flexibility index (Phi) is 6.60. The van der Waals surface area contributed by atoms with E-state index in [2.05, 4.69) is 57.4 Å². The molecule has 1 aliphatic carbocycles. The standard InChI is InChI=1S/C32H34N8O2/c1-2-28(41)37-16-18-38(19-17-37)32(42)22-13-15-39(20-22)23-7-9-24(10-8-23)40-30(25-4-3-14-34-29(25)33)36-27-12-11-26(21-5-6-21)35-31(27)40/h2-4,7-12,14,21-22H,1,5-6,13,15-20H2,(H2,33,34). The molecule has 3 aromatic heterocycles. The number of pyridine rings is 2. The van der Waals surface area contributed by atoms with Crippen molar-refractivity contribution < 1.29 is 9.59 Å². The number of anilines is 2. The minimum Gasteiger partial charge on any atom is -0.383 e. The largest absolute Gasteiger partial charge is 0.383 e. The zero-order valence-electron chi connectivity index (χ0n) is 23.5. The fourth-order valence-corrected chi connectivity index (χ4v) is 6.15. The second-order valence-electron chi connectivity index (χ2n) is 11.4. The molecular weight excluding hydrogens is 528 g/mol. The monoisotopic (exact) mass is 562 g/mol. The first-order valence-electron chi connectivity index (χ1n) is 14.7. The van der Waals surface area contributed by atoms with Crippen LogP contribution in [0.2, 0.25) is 0 Å². The van der Waals surface area contributed by atoms with Crippen molar-refractivity contribution >= 4 is 34.5 Å². The lowest BCUT2D eigenvalue weighted by Gasteiger charge is -2.35. The summed E-state index contributed by atoms with van der Waals surface area (Å²) in [6, 6.07) is 16.3. The molecule has 4 aromatic rings. The van der Waals surface area contributed by atoms with Crippen LogP contribution in [-0.2, 0) is 9.59 Å². The third-order valence-corrected chi connectivity index (χ3v) is 8.69. The van der Waals surface area contributed by atoms with Gasteiger partial charge in [0.2, 0.25) is 11.8 Å². The quantitative estimate of drug-likeness (QED) is 0.357. The Morgan fingerprint density at radius 2 is 1.62 bits per heavy atom. The van der Waals surface area contributed by atoms with Crippen LogP contribution in [0.4, 0.5) is 11.5 Å². The molecule has 0 spiro atoms. The number of carbonyl (C=O) groups excluding carboxylic acids is 2. The number of nitrogen functional groups attached to an aromatic ring is 1. The number of rotatable bonds is 6. The Bertz CT molecular complexity index is 1670. The first-order valence-corrected chi connectivity index (χ1v) is 14.7. The zero-order chi connectivity index (χ0) is 28.8. The van der Waals surface area contributed by atoms with Crippen molar-refractivity contribution in [3.8, 4) is 17.1 Å². The Morgan fingerprint density at radius 1 is 0.881 bits per heavy atom. The van der Waals surface area contributed by atoms with E-state index in [1.165, 1.54) is 18.9 Å². The van der Waals surface area contributed by atoms with Crippen LogP contribution in [0.1, 0.15) is 30.9 Å². The molecule has 42 heavy (non-hydrogen) atoms. The summed E-state index contributed by atoms with van der Waals surface area (Å²) in [5.74, 6) is 1.72. The molecule has 2 aliphatic heterocycles. The molecule has 0 radical (unpaired) electrons. The lowest BCUT2D eigenvalue weighted by molar-refractivity contribution is -0.139. The van der Waals surface area contributed by atoms with Crippen LogP contribution in [0.25, 0.3) is 28.2 Å². The third-order valence-electron chi connectivity index (χ3n) is 8.69. The van der Waals surface area contributed by atoms with Crippen molar-refractivity contribution in [1.29, 1.82) is 0 Å². The third kappa shape index (κ3) is 4.76. The van der Waals surface area contributed by atoms with Gasteiger partial charge in [-0.25, -0.2) is 15.0 Å². The van der Waals surface area contributed by atoms with E-state index in [9.17, 15) is 9.59 Å². The molecule has 5 heterocycles. The molecule has 10 heteroatoms. The van der Waals surface area contributed by atoms with Gasteiger partial charge >= 0.3 is 0 Å². The Morgan fingerprint density at radius 3 is 2.33 bits per heavy atom. The Labute approximate surface area is 244 Å². The summed E-state index contributed by atoms with van der Waals surface area (Å²) in [6.45, 7) is 7.33. The number of carbonyl (C=O) groups is 2. The van der Waals surface area contributed by atoms with Gasteiger partial charge in [-0.3, -0.25) is 14.2 Å². The van der Waals surface area contributed by atoms with E-state index in [0.29, 0.717) is 50.3 Å². The van der Waals surface area contributed by atoms with Crippen LogP contribution < -0.4 is 10.6 Å². The average molecular weight is 563 g/mol. The number of piperazine rings is 1. The van der Waals surface area contributed by atoms with Gasteiger partial charge in [-0.1, -0.05) is 6.58 Å². The Balaban J connectivity index is 1.12. The molecule has 2 saturated heterocycles. The van der Waals surface area contributed by atoms with Crippen molar-refractivity contribution in [2.45, 2.75) is 25.2 Å². The van der Waals surface area contributed by atoms with Crippen molar-refractivity contribution in [1.82, 2.24) is 29.3 Å². The van der Waals surface area contributed by atoms with Gasteiger partial charge in [0.1, 0.15) is 11.3 Å². The smallest absolute Gasteiger partial charge is 0.246 e. The molecule has 214 valence electrons. The number of imidazole rings is 1. The number of hydrogen-bond acceptors (Lipinski definition) is 7. The van der Waals surface area contributed by atoms with E-state index >= 15 is 0 Å². The summed E-state index contributed by atoms with van der Waals surface area (Å²) in [4.78, 5) is 45.4. The number of fused-ring (bicyclic) bond motifs is 1. The summed E-state index contributed by atoms with van der Waals surface area (Å²) in [7, 11) is 0. The fourth-order valence-electron chi connectivity index (χ4n) is 6.15. The first kappa shape index (κ1) is 26.2. The molecule has 3 aliphatic rings. The van der Waals surface area contributed by atoms with Crippen molar-refractivity contribution in [3.63, 3.8) is 0 Å². The van der Waals surface area contributed by atoms with E-state index in [0.717, 1.165) is 46.8 Å². The molecule has 7 rings (SSSR count). The molecular formula is C32H34N8O2. The summed E-state index contributed by atoms with van der Waals surface area (Å²) in [6.07, 6.45) is 6.19. The summed E-state index contributed by atoms with van der Waals surface area (Å²) < 4.78 is 2.07. The number of benzene rings is 1. The highest BCUT2D eigenvalue weighted by molar-refractivity contribution is 5.87. The number of nitrogens with zero attached hydrogens (tertiary/aromatic N) is 7. The van der Waals surface area contributed by atoms with Crippen LogP contribution in [0.5, 0.6) is 0 Å². The molecule has 2 N–H and O–H groups in total. The van der Waals surface area contributed by atoms with Crippen LogP contribution >= 0.6 is 0 Å². The second kappa shape index (κ2) is 10.6. The molecule has 1 unspecified atom stereocenters. The summed E-state index contributed by atoms with van der Waals surface area (Å²) in [5, 5.41) is 0. The number of amides is 2. The van der Waals surface area contributed by atoms with Gasteiger partial charge in [0.25, 0.3) is 0 Å². The van der Waals surface area contributed by atoms with Gasteiger partial charge in [0.05, 0.1) is 11.5 Å². The van der Waals surface area contributed by atoms with E-state index < -0.39 is 0 Å². The second-order valence-corrected chi connectivity index (χ2v) is 11.4. The van der Waals surface area contributed by atoms with Crippen molar-refractivity contribution in [2.75, 3.05) is 49.9 Å². The normalized spacial score (nSPS) is 19.0. The molecule has 0 bridgehead atoms. The van der Waals surface area contributed by atoms with Gasteiger partial charge in [-0.15, -0.1) is 0 Å². The molecule has 1 saturated carbocycles. The number of hydrogen-bond donors (Lipinski definition) is 1. The minimum atomic E-state index is -0.0727. The SMILES string of the molecule is C=CC(=O)N1CCN(C(=O)C2CCN(c3ccc(-n4c(-c5cccnc5N)nc5ccc(C6CC6)nc54)cc3)C2)CC1. The number of nitrogens with two attached hydrogens (primary N) is 1. The van der Waals surface area contributed by atoms with E-state index in [4.69, 9.17) is 15.7 Å². The Hall–Kier alpha value is -4.73. The molecule has 3 fully saturated rings. The van der Waals surface area contributed by atoms with E-state index in [1.54, 1.807) is 11.1 Å². The maximum absolute atomic E-state index is 13.3. The molecule has 2 amide bonds. The van der Waals surface area contributed by atoms with E-state index in [1.807, 2.05) is 17.0 Å². The van der Waals surface area contributed by atoms with Crippen LogP contribution in [0, 0.1) is 5.92 Å². The summed E-state index contributed by atoms with van der Waals surface area (Å²) >= 11 is 0. The highest BCUT2D eigenvalue weighted by Crippen LogP contribution is 2.40. The molecule has 1 atom stereocenters. The maximum Gasteiger partial charge on any atom is 0.246 e. The van der Waals surface area contributed by atoms with Crippen LogP contribution in [-0.4, -0.2) is 80.4 Å². The molecule has 1 aromatic carbocycles. The van der Waals surface area contributed by atoms with Gasteiger partial charge < -0.3 is 20.4 Å². The van der Waals surface area contributed by atoms with Crippen LogP contribution in [0.15, 0.2) is 67.4 Å². The average Bonchev–Trinajstić information content (AvgIpc) is 3.64. The van der Waals surface area contributed by atoms with Gasteiger partial charge in [0.15, 0.2) is 11.5 Å². The zero-order valence-corrected chi connectivity index (χ0v) is 23.5. The van der Waals surface area contributed by atoms with E-state index in [-0.39, 0.29) is 17.7 Å². The van der Waals surface area contributed by atoms with Crippen LogP contribution in [0.3, 0.4) is 0 Å². The number of aromatic nitrogens is 4. The van der Waals surface area contributed by atoms with Crippen molar-refractivity contribution in [3.05, 3.63) is 73.1 Å². The maximum atomic E-state index is 13.3. The summed E-state index contributed by atoms with van der Waals surface area (Å²) in [5.41, 5.74) is 11.8. The topological polar surface area (TPSA) is 113 Å². The highest BCUT2D eigenvalue weighted by atomic mass is 16.2. The first-order chi connectivity index (χ1) is 20.5. The predicted molar refractivity (Wildman–Crippen MR) is 162 cm³/mol. The van der Waals surface area contributed by atoms with Gasteiger partial charge in [-0.2, -0.15) is 0 Å². The van der Waals surface area contributed by atoms with Crippen molar-refractivity contribution in [2.24, 2.45) is 5.92 Å². The molecule has 10 nitrogen and oxygen atoms in total. The fraction of sp³-hybridized carbons (Fsp3) is 0.344. The van der Waals surface area contributed by atoms with Gasteiger partial charge in [0, 0.05) is 68.5 Å². The minimum absolute atomic E-state index is 0.0471. The lowest BCUT2D eigenvalue weighted by Crippen LogP contribution is -2.51. The highest BCUT2D eigenvalue weighted by Gasteiger charge is 2.33. The lowest BCUT2D eigenvalue weighted by atomic mass is 10.1. The van der Waals surface area contributed by atoms with Gasteiger partial charge in [-0.05, 0) is 73.9 Å².